The number of carbonyl (C=O) groups is 1. The Hall–Kier alpha value is -0.610. The molecule has 2 atom stereocenters. The van der Waals surface area contributed by atoms with E-state index < -0.39 is 0 Å². The minimum atomic E-state index is -0.294. The van der Waals surface area contributed by atoms with Gasteiger partial charge in [-0.3, -0.25) is 4.79 Å². The first kappa shape index (κ1) is 11.5. The molecule has 0 spiro atoms. The van der Waals surface area contributed by atoms with Crippen LogP contribution in [-0.2, 0) is 9.53 Å². The van der Waals surface area contributed by atoms with E-state index in [1.807, 2.05) is 0 Å². The summed E-state index contributed by atoms with van der Waals surface area (Å²) in [6.07, 6.45) is 2.17. The average molecular weight is 200 g/mol. The SMILES string of the molecule is CC(COC1(C)CCCNC1)C(N)=O. The highest BCUT2D eigenvalue weighted by Crippen LogP contribution is 2.20. The highest BCUT2D eigenvalue weighted by molar-refractivity contribution is 5.76. The highest BCUT2D eigenvalue weighted by Gasteiger charge is 2.28. The monoisotopic (exact) mass is 200 g/mol. The van der Waals surface area contributed by atoms with Crippen LogP contribution in [0.1, 0.15) is 26.7 Å². The average Bonchev–Trinajstić information content (AvgIpc) is 2.15. The Morgan fingerprint density at radius 3 is 2.93 bits per heavy atom. The normalized spacial score (nSPS) is 29.9. The van der Waals surface area contributed by atoms with Gasteiger partial charge in [-0.2, -0.15) is 0 Å². The van der Waals surface area contributed by atoms with Crippen molar-refractivity contribution in [1.82, 2.24) is 5.32 Å². The van der Waals surface area contributed by atoms with E-state index in [1.165, 1.54) is 0 Å². The van der Waals surface area contributed by atoms with Crippen LogP contribution in [0.5, 0.6) is 0 Å². The molecule has 1 rings (SSSR count). The Morgan fingerprint density at radius 1 is 1.71 bits per heavy atom. The smallest absolute Gasteiger partial charge is 0.222 e. The summed E-state index contributed by atoms with van der Waals surface area (Å²) in [6.45, 7) is 6.21. The van der Waals surface area contributed by atoms with Gasteiger partial charge in [0.1, 0.15) is 0 Å². The Bertz CT molecular complexity index is 200. The van der Waals surface area contributed by atoms with E-state index in [0.29, 0.717) is 6.61 Å². The molecule has 1 amide bonds. The molecule has 1 fully saturated rings. The van der Waals surface area contributed by atoms with Gasteiger partial charge in [-0.25, -0.2) is 0 Å². The van der Waals surface area contributed by atoms with Crippen LogP contribution in [0.3, 0.4) is 0 Å². The lowest BCUT2D eigenvalue weighted by atomic mass is 9.96. The topological polar surface area (TPSA) is 64.3 Å². The summed E-state index contributed by atoms with van der Waals surface area (Å²) in [5.41, 5.74) is 5.04. The standard InChI is InChI=1S/C10H20N2O2/c1-8(9(11)13)6-14-10(2)4-3-5-12-7-10/h8,12H,3-7H2,1-2H3,(H2,11,13). The van der Waals surface area contributed by atoms with Gasteiger partial charge in [0.25, 0.3) is 0 Å². The largest absolute Gasteiger partial charge is 0.373 e. The zero-order valence-electron chi connectivity index (χ0n) is 9.01. The molecule has 0 aliphatic carbocycles. The summed E-state index contributed by atoms with van der Waals surface area (Å²) in [7, 11) is 0. The molecule has 14 heavy (non-hydrogen) atoms. The van der Waals surface area contributed by atoms with E-state index in [2.05, 4.69) is 12.2 Å². The molecular weight excluding hydrogens is 180 g/mol. The van der Waals surface area contributed by atoms with Crippen molar-refractivity contribution < 1.29 is 9.53 Å². The van der Waals surface area contributed by atoms with Crippen LogP contribution in [0, 0.1) is 5.92 Å². The van der Waals surface area contributed by atoms with Crippen LogP contribution >= 0.6 is 0 Å². The maximum absolute atomic E-state index is 10.8. The molecule has 0 saturated carbocycles. The van der Waals surface area contributed by atoms with Crippen molar-refractivity contribution >= 4 is 5.91 Å². The molecule has 4 nitrogen and oxygen atoms in total. The second kappa shape index (κ2) is 4.75. The number of amides is 1. The zero-order chi connectivity index (χ0) is 10.6. The Kier molecular flexibility index (Phi) is 3.89. The van der Waals surface area contributed by atoms with Crippen LogP contribution < -0.4 is 11.1 Å². The maximum atomic E-state index is 10.8. The van der Waals surface area contributed by atoms with E-state index in [0.717, 1.165) is 25.9 Å². The van der Waals surface area contributed by atoms with Crippen molar-refractivity contribution in [2.75, 3.05) is 19.7 Å². The zero-order valence-corrected chi connectivity index (χ0v) is 9.01. The number of nitrogens with one attached hydrogen (secondary N) is 1. The fraction of sp³-hybridized carbons (Fsp3) is 0.900. The molecular formula is C10H20N2O2. The molecule has 0 aromatic rings. The van der Waals surface area contributed by atoms with Crippen molar-refractivity contribution in [2.24, 2.45) is 11.7 Å². The molecule has 4 heteroatoms. The van der Waals surface area contributed by atoms with E-state index >= 15 is 0 Å². The number of rotatable bonds is 4. The maximum Gasteiger partial charge on any atom is 0.222 e. The molecule has 1 aliphatic heterocycles. The number of ether oxygens (including phenoxy) is 1. The highest BCUT2D eigenvalue weighted by atomic mass is 16.5. The summed E-state index contributed by atoms with van der Waals surface area (Å²) in [5, 5.41) is 3.29. The van der Waals surface area contributed by atoms with E-state index in [4.69, 9.17) is 10.5 Å². The molecule has 82 valence electrons. The minimum absolute atomic E-state index is 0.123. The van der Waals surface area contributed by atoms with Crippen molar-refractivity contribution in [2.45, 2.75) is 32.3 Å². The Balaban J connectivity index is 2.31. The van der Waals surface area contributed by atoms with Gasteiger partial charge < -0.3 is 15.8 Å². The molecule has 1 heterocycles. The second-order valence-electron chi connectivity index (χ2n) is 4.34. The van der Waals surface area contributed by atoms with Gasteiger partial charge in [0, 0.05) is 6.54 Å². The fourth-order valence-electron chi connectivity index (χ4n) is 1.56. The lowest BCUT2D eigenvalue weighted by Crippen LogP contribution is -2.46. The van der Waals surface area contributed by atoms with Gasteiger partial charge >= 0.3 is 0 Å². The number of hydrogen-bond acceptors (Lipinski definition) is 3. The lowest BCUT2D eigenvalue weighted by Gasteiger charge is -2.34. The van der Waals surface area contributed by atoms with Gasteiger partial charge in [-0.15, -0.1) is 0 Å². The first-order valence-electron chi connectivity index (χ1n) is 5.17. The molecule has 0 aromatic heterocycles. The molecule has 1 aliphatic rings. The number of carbonyl (C=O) groups excluding carboxylic acids is 1. The van der Waals surface area contributed by atoms with Gasteiger partial charge in [0.2, 0.25) is 5.91 Å². The summed E-state index contributed by atoms with van der Waals surface area (Å²) in [4.78, 5) is 10.8. The van der Waals surface area contributed by atoms with E-state index in [9.17, 15) is 4.79 Å². The predicted molar refractivity (Wildman–Crippen MR) is 54.8 cm³/mol. The number of hydrogen-bond donors (Lipinski definition) is 2. The quantitative estimate of drug-likeness (QED) is 0.684. The Morgan fingerprint density at radius 2 is 2.43 bits per heavy atom. The molecule has 0 bridgehead atoms. The van der Waals surface area contributed by atoms with Crippen LogP contribution in [0.4, 0.5) is 0 Å². The number of primary amides is 1. The van der Waals surface area contributed by atoms with E-state index in [1.54, 1.807) is 6.92 Å². The second-order valence-corrected chi connectivity index (χ2v) is 4.34. The van der Waals surface area contributed by atoms with Crippen molar-refractivity contribution in [1.29, 1.82) is 0 Å². The van der Waals surface area contributed by atoms with Gasteiger partial charge in [0.15, 0.2) is 0 Å². The first-order chi connectivity index (χ1) is 6.53. The number of piperidine rings is 1. The molecule has 2 unspecified atom stereocenters. The summed E-state index contributed by atoms with van der Waals surface area (Å²) >= 11 is 0. The van der Waals surface area contributed by atoms with Gasteiger partial charge in [-0.05, 0) is 26.3 Å². The van der Waals surface area contributed by atoms with Gasteiger partial charge in [-0.1, -0.05) is 6.92 Å². The molecule has 3 N–H and O–H groups in total. The fourth-order valence-corrected chi connectivity index (χ4v) is 1.56. The van der Waals surface area contributed by atoms with Crippen molar-refractivity contribution in [3.63, 3.8) is 0 Å². The lowest BCUT2D eigenvalue weighted by molar-refractivity contribution is -0.126. The molecule has 1 saturated heterocycles. The Labute approximate surface area is 85.2 Å². The van der Waals surface area contributed by atoms with Crippen molar-refractivity contribution in [3.05, 3.63) is 0 Å². The third-order valence-electron chi connectivity index (χ3n) is 2.73. The number of nitrogens with two attached hydrogens (primary N) is 1. The summed E-state index contributed by atoms with van der Waals surface area (Å²) in [6, 6.07) is 0. The van der Waals surface area contributed by atoms with Crippen molar-refractivity contribution in [3.8, 4) is 0 Å². The molecule has 0 aromatic carbocycles. The first-order valence-corrected chi connectivity index (χ1v) is 5.17. The summed E-state index contributed by atoms with van der Waals surface area (Å²) in [5.74, 6) is -0.494. The third-order valence-corrected chi connectivity index (χ3v) is 2.73. The van der Waals surface area contributed by atoms with Crippen LogP contribution in [0.25, 0.3) is 0 Å². The van der Waals surface area contributed by atoms with Gasteiger partial charge in [0.05, 0.1) is 18.1 Å². The molecule has 0 radical (unpaired) electrons. The van der Waals surface area contributed by atoms with Crippen LogP contribution in [0.15, 0.2) is 0 Å². The third kappa shape index (κ3) is 3.27. The van der Waals surface area contributed by atoms with Crippen LogP contribution in [0.2, 0.25) is 0 Å². The van der Waals surface area contributed by atoms with Crippen LogP contribution in [-0.4, -0.2) is 31.2 Å². The predicted octanol–water partition coefficient (Wildman–Crippen LogP) is 0.267. The van der Waals surface area contributed by atoms with E-state index in [-0.39, 0.29) is 17.4 Å². The minimum Gasteiger partial charge on any atom is -0.373 e. The summed E-state index contributed by atoms with van der Waals surface area (Å²) < 4.78 is 5.73.